The van der Waals surface area contributed by atoms with Crippen LogP contribution in [0.25, 0.3) is 6.08 Å². The van der Waals surface area contributed by atoms with Crippen molar-refractivity contribution < 1.29 is 28.9 Å². The van der Waals surface area contributed by atoms with Crippen LogP contribution in [0.15, 0.2) is 30.9 Å². The van der Waals surface area contributed by atoms with Crippen LogP contribution in [0.2, 0.25) is 0 Å². The first-order chi connectivity index (χ1) is 9.51. The van der Waals surface area contributed by atoms with Gasteiger partial charge < -0.3 is 19.3 Å². The van der Waals surface area contributed by atoms with Crippen molar-refractivity contribution in [1.29, 1.82) is 0 Å². The van der Waals surface area contributed by atoms with Crippen LogP contribution in [-0.4, -0.2) is 31.3 Å². The van der Waals surface area contributed by atoms with Crippen LogP contribution in [0.5, 0.6) is 17.2 Å². The zero-order valence-electron chi connectivity index (χ0n) is 11.1. The van der Waals surface area contributed by atoms with Crippen molar-refractivity contribution in [2.45, 2.75) is 0 Å². The number of rotatable bonds is 6. The Morgan fingerprint density at radius 3 is 2.15 bits per heavy atom. The number of hydrogen-bond donors (Lipinski definition) is 1. The molecule has 0 bridgehead atoms. The predicted octanol–water partition coefficient (Wildman–Crippen LogP) is 1.89. The Labute approximate surface area is 115 Å². The zero-order chi connectivity index (χ0) is 15.1. The molecule has 6 heteroatoms. The molecule has 0 radical (unpaired) electrons. The highest BCUT2D eigenvalue weighted by atomic mass is 16.6. The highest BCUT2D eigenvalue weighted by Crippen LogP contribution is 2.39. The maximum Gasteiger partial charge on any atom is 0.335 e. The molecule has 0 aromatic heterocycles. The first kappa shape index (κ1) is 15.3. The number of carboxylic acid groups (broad SMARTS) is 1. The molecular weight excluding hydrogens is 264 g/mol. The number of carboxylic acids is 1. The molecule has 1 aromatic rings. The third-order valence-electron chi connectivity index (χ3n) is 2.27. The minimum atomic E-state index is -1.08. The van der Waals surface area contributed by atoms with E-state index in [0.717, 1.165) is 12.2 Å². The molecule has 0 aliphatic rings. The monoisotopic (exact) mass is 278 g/mol. The minimum absolute atomic E-state index is 0.104. The van der Waals surface area contributed by atoms with E-state index >= 15 is 0 Å². The van der Waals surface area contributed by atoms with E-state index in [-0.39, 0.29) is 17.2 Å². The Balaban J connectivity index is 3.27. The summed E-state index contributed by atoms with van der Waals surface area (Å²) in [6, 6.07) is 3.04. The predicted molar refractivity (Wildman–Crippen MR) is 72.0 cm³/mol. The number of benzene rings is 1. The first-order valence-electron chi connectivity index (χ1n) is 5.53. The van der Waals surface area contributed by atoms with Gasteiger partial charge in [0, 0.05) is 12.2 Å². The molecule has 0 saturated carbocycles. The molecule has 0 atom stereocenters. The van der Waals surface area contributed by atoms with Gasteiger partial charge in [0.15, 0.2) is 11.5 Å². The van der Waals surface area contributed by atoms with Crippen LogP contribution >= 0.6 is 0 Å². The maximum absolute atomic E-state index is 11.3. The second-order valence-electron chi connectivity index (χ2n) is 3.55. The van der Waals surface area contributed by atoms with Gasteiger partial charge in [0.1, 0.15) is 0 Å². The van der Waals surface area contributed by atoms with E-state index in [1.165, 1.54) is 32.4 Å². The largest absolute Gasteiger partial charge is 0.493 e. The second kappa shape index (κ2) is 6.98. The summed E-state index contributed by atoms with van der Waals surface area (Å²) in [5.41, 5.74) is 0.527. The van der Waals surface area contributed by atoms with Crippen LogP contribution in [0, 0.1) is 0 Å². The number of methoxy groups -OCH3 is 2. The van der Waals surface area contributed by atoms with E-state index in [1.807, 2.05) is 0 Å². The van der Waals surface area contributed by atoms with Gasteiger partial charge in [0.2, 0.25) is 5.75 Å². The topological polar surface area (TPSA) is 82.1 Å². The van der Waals surface area contributed by atoms with Gasteiger partial charge in [-0.1, -0.05) is 6.58 Å². The number of hydrogen-bond acceptors (Lipinski definition) is 5. The average molecular weight is 278 g/mol. The molecule has 1 N–H and O–H groups in total. The summed E-state index contributed by atoms with van der Waals surface area (Å²) in [6.45, 7) is 3.30. The van der Waals surface area contributed by atoms with Crippen molar-refractivity contribution in [2.75, 3.05) is 14.2 Å². The van der Waals surface area contributed by atoms with Gasteiger partial charge in [0.05, 0.1) is 14.2 Å². The Hall–Kier alpha value is -2.76. The highest BCUT2D eigenvalue weighted by molar-refractivity contribution is 5.86. The number of carbonyl (C=O) groups is 2. The Kier molecular flexibility index (Phi) is 5.34. The van der Waals surface area contributed by atoms with Crippen molar-refractivity contribution in [3.8, 4) is 17.2 Å². The first-order valence-corrected chi connectivity index (χ1v) is 5.53. The summed E-state index contributed by atoms with van der Waals surface area (Å²) in [4.78, 5) is 21.8. The van der Waals surface area contributed by atoms with Gasteiger partial charge in [-0.25, -0.2) is 9.59 Å². The number of ether oxygens (including phenoxy) is 3. The van der Waals surface area contributed by atoms with Crippen LogP contribution in [0.3, 0.4) is 0 Å². The van der Waals surface area contributed by atoms with E-state index in [0.29, 0.717) is 5.56 Å². The highest BCUT2D eigenvalue weighted by Gasteiger charge is 2.16. The molecule has 0 aliphatic carbocycles. The molecule has 6 nitrogen and oxygen atoms in total. The van der Waals surface area contributed by atoms with Crippen LogP contribution in [0.4, 0.5) is 0 Å². The SMILES string of the molecule is C=CC(=O)Oc1c(OC)cc(/C=C/C(=O)O)cc1OC. The van der Waals surface area contributed by atoms with Gasteiger partial charge in [-0.3, -0.25) is 0 Å². The molecule has 0 fully saturated rings. The standard InChI is InChI=1S/C14H14O6/c1-4-13(17)20-14-10(18-2)7-9(5-6-12(15)16)8-11(14)19-3/h4-8H,1H2,2-3H3,(H,15,16)/b6-5+. The minimum Gasteiger partial charge on any atom is -0.493 e. The average Bonchev–Trinajstić information content (AvgIpc) is 2.45. The van der Waals surface area contributed by atoms with Crippen molar-refractivity contribution in [2.24, 2.45) is 0 Å². The van der Waals surface area contributed by atoms with Gasteiger partial charge in [0.25, 0.3) is 0 Å². The van der Waals surface area contributed by atoms with Gasteiger partial charge >= 0.3 is 11.9 Å². The van der Waals surface area contributed by atoms with Crippen molar-refractivity contribution in [3.05, 3.63) is 36.4 Å². The van der Waals surface area contributed by atoms with Gasteiger partial charge in [-0.2, -0.15) is 0 Å². The summed E-state index contributed by atoms with van der Waals surface area (Å²) in [5, 5.41) is 8.60. The summed E-state index contributed by atoms with van der Waals surface area (Å²) in [7, 11) is 2.79. The Bertz CT molecular complexity index is 534. The quantitative estimate of drug-likeness (QED) is 0.486. The lowest BCUT2D eigenvalue weighted by Crippen LogP contribution is -2.06. The molecule has 106 valence electrons. The molecule has 0 unspecified atom stereocenters. The third kappa shape index (κ3) is 3.88. The fourth-order valence-corrected chi connectivity index (χ4v) is 1.41. The fourth-order valence-electron chi connectivity index (χ4n) is 1.41. The molecule has 20 heavy (non-hydrogen) atoms. The maximum atomic E-state index is 11.3. The van der Waals surface area contributed by atoms with Crippen molar-refractivity contribution in [3.63, 3.8) is 0 Å². The molecular formula is C14H14O6. The zero-order valence-corrected chi connectivity index (χ0v) is 11.1. The molecule has 0 spiro atoms. The van der Waals surface area contributed by atoms with Crippen LogP contribution < -0.4 is 14.2 Å². The summed E-state index contributed by atoms with van der Waals surface area (Å²) >= 11 is 0. The van der Waals surface area contributed by atoms with Crippen LogP contribution in [0.1, 0.15) is 5.56 Å². The lowest BCUT2D eigenvalue weighted by Gasteiger charge is -2.13. The van der Waals surface area contributed by atoms with E-state index < -0.39 is 11.9 Å². The van der Waals surface area contributed by atoms with E-state index in [1.54, 1.807) is 0 Å². The molecule has 1 aromatic carbocycles. The Morgan fingerprint density at radius 2 is 1.75 bits per heavy atom. The Morgan fingerprint density at radius 1 is 1.20 bits per heavy atom. The van der Waals surface area contributed by atoms with E-state index in [4.69, 9.17) is 19.3 Å². The number of aliphatic carboxylic acids is 1. The molecule has 0 saturated heterocycles. The lowest BCUT2D eigenvalue weighted by molar-refractivity contribution is -0.131. The number of esters is 1. The normalized spacial score (nSPS) is 10.1. The second-order valence-corrected chi connectivity index (χ2v) is 3.55. The molecule has 1 rings (SSSR count). The van der Waals surface area contributed by atoms with Gasteiger partial charge in [-0.05, 0) is 23.8 Å². The summed E-state index contributed by atoms with van der Waals surface area (Å²) in [5.74, 6) is -1.15. The summed E-state index contributed by atoms with van der Waals surface area (Å²) in [6.07, 6.45) is 3.35. The number of carbonyl (C=O) groups excluding carboxylic acids is 1. The fraction of sp³-hybridized carbons (Fsp3) is 0.143. The summed E-state index contributed by atoms with van der Waals surface area (Å²) < 4.78 is 15.3. The van der Waals surface area contributed by atoms with E-state index in [2.05, 4.69) is 6.58 Å². The van der Waals surface area contributed by atoms with Crippen LogP contribution in [-0.2, 0) is 9.59 Å². The third-order valence-corrected chi connectivity index (χ3v) is 2.27. The van der Waals surface area contributed by atoms with Crippen molar-refractivity contribution in [1.82, 2.24) is 0 Å². The molecule has 0 amide bonds. The van der Waals surface area contributed by atoms with Crippen molar-refractivity contribution >= 4 is 18.0 Å². The van der Waals surface area contributed by atoms with Gasteiger partial charge in [-0.15, -0.1) is 0 Å². The molecule has 0 aliphatic heterocycles. The van der Waals surface area contributed by atoms with E-state index in [9.17, 15) is 9.59 Å². The lowest BCUT2D eigenvalue weighted by atomic mass is 10.1. The molecule has 0 heterocycles. The smallest absolute Gasteiger partial charge is 0.335 e.